The van der Waals surface area contributed by atoms with Crippen LogP contribution in [0.25, 0.3) is 66.4 Å². The van der Waals surface area contributed by atoms with Crippen molar-refractivity contribution in [3.8, 4) is 44.5 Å². The maximum atomic E-state index is 6.49. The summed E-state index contributed by atoms with van der Waals surface area (Å²) in [5, 5.41) is 2.22. The zero-order valence-electron chi connectivity index (χ0n) is 42.1. The van der Waals surface area contributed by atoms with Gasteiger partial charge in [0.15, 0.2) is 5.84 Å². The molecule has 1 aromatic heterocycles. The average molecular weight is 956 g/mol. The lowest BCUT2D eigenvalue weighted by atomic mass is 9.70. The van der Waals surface area contributed by atoms with E-state index < -0.39 is 0 Å². The predicted molar refractivity (Wildman–Crippen MR) is 309 cm³/mol. The second-order valence-corrected chi connectivity index (χ2v) is 19.7. The molecule has 74 heavy (non-hydrogen) atoms. The standard InChI is InChI=1S/C36H30.C34H27N3O/c1-3-4-13-25-14-5-6-15-27(25)26-22-23-34-35(24(26)2)30-18-9-12-21-33(30)36(34)31-19-10-7-16-28(31)29-17-8-11-20-32(29)36;1-23-11-14-28(15-12-23)34(37-33(35)27-18-16-26(17-19-27)25-7-3-2-4-8-25)36-22-24-13-20-30-29-9-5-6-10-31(29)38-32(30)21-24/h5-12,14-23H,3-4,13H2,1-2H3;2-21H,22H2,1H3,(H2,35,36,37). The Balaban J connectivity index is 0.000000150. The van der Waals surface area contributed by atoms with Gasteiger partial charge in [0.25, 0.3) is 0 Å². The van der Waals surface area contributed by atoms with Crippen LogP contribution in [0.5, 0.6) is 0 Å². The third-order valence-corrected chi connectivity index (χ3v) is 15.2. The molecule has 0 fully saturated rings. The van der Waals surface area contributed by atoms with Gasteiger partial charge in [-0.15, -0.1) is 0 Å². The number of para-hydroxylation sites is 1. The first-order valence-electron chi connectivity index (χ1n) is 25.9. The van der Waals surface area contributed by atoms with Crippen LogP contribution < -0.4 is 5.73 Å². The number of aryl methyl sites for hydroxylation is 2. The first-order valence-corrected chi connectivity index (χ1v) is 25.9. The highest BCUT2D eigenvalue weighted by molar-refractivity contribution is 6.11. The van der Waals surface area contributed by atoms with Gasteiger partial charge >= 0.3 is 0 Å². The smallest absolute Gasteiger partial charge is 0.157 e. The molecule has 0 saturated heterocycles. The van der Waals surface area contributed by atoms with Crippen molar-refractivity contribution < 1.29 is 4.42 Å². The number of hydrogen-bond acceptors (Lipinski definition) is 2. The molecular formula is C70H57N3O. The molecule has 10 aromatic carbocycles. The molecule has 13 rings (SSSR count). The number of benzene rings is 10. The average Bonchev–Trinajstić information content (AvgIpc) is 4.13. The summed E-state index contributed by atoms with van der Waals surface area (Å²) in [4.78, 5) is 9.67. The fourth-order valence-corrected chi connectivity index (χ4v) is 11.6. The minimum Gasteiger partial charge on any atom is -0.456 e. The van der Waals surface area contributed by atoms with Crippen molar-refractivity contribution in [1.29, 1.82) is 0 Å². The van der Waals surface area contributed by atoms with Crippen molar-refractivity contribution in [3.05, 3.63) is 286 Å². The molecule has 0 saturated carbocycles. The third kappa shape index (κ3) is 8.13. The fourth-order valence-electron chi connectivity index (χ4n) is 11.6. The maximum Gasteiger partial charge on any atom is 0.157 e. The molecule has 2 aliphatic carbocycles. The molecule has 2 aliphatic rings. The number of hydrogen-bond donors (Lipinski definition) is 1. The first kappa shape index (κ1) is 46.2. The number of aliphatic imine (C=N–C) groups is 2. The van der Waals surface area contributed by atoms with Crippen LogP contribution in [0, 0.1) is 13.8 Å². The van der Waals surface area contributed by atoms with E-state index in [0.717, 1.165) is 56.2 Å². The summed E-state index contributed by atoms with van der Waals surface area (Å²) in [6, 6.07) is 82.0. The van der Waals surface area contributed by atoms with E-state index in [1.807, 2.05) is 60.7 Å². The Morgan fingerprint density at radius 2 is 1.07 bits per heavy atom. The lowest BCUT2D eigenvalue weighted by molar-refractivity contribution is 0.668. The lowest BCUT2D eigenvalue weighted by Crippen LogP contribution is -2.25. The van der Waals surface area contributed by atoms with Crippen LogP contribution in [0.2, 0.25) is 0 Å². The second kappa shape index (κ2) is 19.6. The normalized spacial score (nSPS) is 13.1. The minimum atomic E-state index is -0.260. The zero-order chi connectivity index (χ0) is 50.2. The van der Waals surface area contributed by atoms with Crippen LogP contribution in [0.15, 0.2) is 245 Å². The highest BCUT2D eigenvalue weighted by atomic mass is 16.3. The van der Waals surface area contributed by atoms with Crippen LogP contribution in [0.3, 0.4) is 0 Å². The van der Waals surface area contributed by atoms with Gasteiger partial charge in [0.05, 0.1) is 12.0 Å². The van der Waals surface area contributed by atoms with E-state index in [1.165, 1.54) is 85.2 Å². The molecule has 0 amide bonds. The molecule has 0 atom stereocenters. The van der Waals surface area contributed by atoms with E-state index in [9.17, 15) is 0 Å². The van der Waals surface area contributed by atoms with Crippen molar-refractivity contribution >= 4 is 33.6 Å². The summed E-state index contributed by atoms with van der Waals surface area (Å²) in [5.74, 6) is 1.02. The number of rotatable bonds is 9. The molecule has 1 spiro atoms. The quantitative estimate of drug-likeness (QED) is 0.116. The van der Waals surface area contributed by atoms with Gasteiger partial charge in [-0.05, 0) is 122 Å². The number of nitrogens with two attached hydrogens (primary N) is 1. The van der Waals surface area contributed by atoms with Gasteiger partial charge in [-0.1, -0.05) is 237 Å². The van der Waals surface area contributed by atoms with E-state index in [2.05, 4.69) is 191 Å². The Bertz CT molecular complexity index is 3890. The Morgan fingerprint density at radius 1 is 0.486 bits per heavy atom. The number of unbranched alkanes of at least 4 members (excludes halogenated alkanes) is 1. The number of furan rings is 1. The maximum absolute atomic E-state index is 6.49. The zero-order valence-corrected chi connectivity index (χ0v) is 42.1. The Hall–Kier alpha value is -8.86. The van der Waals surface area contributed by atoms with Gasteiger partial charge in [0.1, 0.15) is 17.0 Å². The van der Waals surface area contributed by atoms with Crippen molar-refractivity contribution in [3.63, 3.8) is 0 Å². The van der Waals surface area contributed by atoms with Crippen molar-refractivity contribution in [1.82, 2.24) is 0 Å². The van der Waals surface area contributed by atoms with Crippen LogP contribution in [0.4, 0.5) is 0 Å². The molecule has 0 aliphatic heterocycles. The third-order valence-electron chi connectivity index (χ3n) is 15.2. The molecule has 0 radical (unpaired) electrons. The van der Waals surface area contributed by atoms with Crippen LogP contribution in [-0.2, 0) is 18.4 Å². The van der Waals surface area contributed by atoms with E-state index in [-0.39, 0.29) is 5.41 Å². The molecule has 4 heteroatoms. The highest BCUT2D eigenvalue weighted by Crippen LogP contribution is 2.63. The van der Waals surface area contributed by atoms with Gasteiger partial charge in [0.2, 0.25) is 0 Å². The number of nitrogens with zero attached hydrogens (tertiary/aromatic N) is 2. The second-order valence-electron chi connectivity index (χ2n) is 19.7. The molecule has 2 N–H and O–H groups in total. The van der Waals surface area contributed by atoms with E-state index in [1.54, 1.807) is 0 Å². The summed E-state index contributed by atoms with van der Waals surface area (Å²) in [6.45, 7) is 7.14. The molecule has 1 heterocycles. The SMILES string of the molecule is CCCCc1ccccc1-c1ccc2c(c1C)-c1ccccc1C21c2ccccc2-c2ccccc21.Cc1ccc(C(N=C(N)c2ccc(-c3ccccc3)cc2)=NCc2ccc3c(c2)oc2ccccc23)cc1. The molecule has 358 valence electrons. The summed E-state index contributed by atoms with van der Waals surface area (Å²) in [7, 11) is 0. The van der Waals surface area contributed by atoms with Gasteiger partial charge < -0.3 is 10.2 Å². The molecule has 4 nitrogen and oxygen atoms in total. The summed E-state index contributed by atoms with van der Waals surface area (Å²) in [5.41, 5.74) is 31.1. The Morgan fingerprint density at radius 3 is 1.78 bits per heavy atom. The topological polar surface area (TPSA) is 63.9 Å². The number of amidine groups is 2. The van der Waals surface area contributed by atoms with Gasteiger partial charge in [-0.25, -0.2) is 4.99 Å². The first-order chi connectivity index (χ1) is 36.4. The van der Waals surface area contributed by atoms with Gasteiger partial charge in [-0.2, -0.15) is 0 Å². The van der Waals surface area contributed by atoms with Crippen molar-refractivity contribution in [2.75, 3.05) is 0 Å². The lowest BCUT2D eigenvalue weighted by Gasteiger charge is -2.30. The van der Waals surface area contributed by atoms with Crippen molar-refractivity contribution in [2.24, 2.45) is 15.7 Å². The number of fused-ring (bicyclic) bond motifs is 13. The Labute approximate surface area is 434 Å². The molecular weight excluding hydrogens is 899 g/mol. The molecule has 0 unspecified atom stereocenters. The molecule has 0 bridgehead atoms. The summed E-state index contributed by atoms with van der Waals surface area (Å²) < 4.78 is 6.07. The van der Waals surface area contributed by atoms with E-state index in [0.29, 0.717) is 18.2 Å². The van der Waals surface area contributed by atoms with Gasteiger partial charge in [-0.3, -0.25) is 4.99 Å². The highest BCUT2D eigenvalue weighted by Gasteiger charge is 2.52. The fraction of sp³-hybridized carbons (Fsp3) is 0.114. The van der Waals surface area contributed by atoms with Gasteiger partial charge in [0, 0.05) is 21.9 Å². The van der Waals surface area contributed by atoms with E-state index >= 15 is 0 Å². The van der Waals surface area contributed by atoms with Crippen LogP contribution >= 0.6 is 0 Å². The van der Waals surface area contributed by atoms with Crippen LogP contribution in [0.1, 0.15) is 75.4 Å². The summed E-state index contributed by atoms with van der Waals surface area (Å²) >= 11 is 0. The summed E-state index contributed by atoms with van der Waals surface area (Å²) in [6.07, 6.45) is 3.57. The minimum absolute atomic E-state index is 0.260. The van der Waals surface area contributed by atoms with E-state index in [4.69, 9.17) is 20.1 Å². The van der Waals surface area contributed by atoms with Crippen LogP contribution in [-0.4, -0.2) is 11.7 Å². The Kier molecular flexibility index (Phi) is 12.3. The predicted octanol–water partition coefficient (Wildman–Crippen LogP) is 17.3. The molecule has 11 aromatic rings. The monoisotopic (exact) mass is 955 g/mol. The van der Waals surface area contributed by atoms with Crippen molar-refractivity contribution in [2.45, 2.75) is 52.0 Å². The largest absolute Gasteiger partial charge is 0.456 e.